The predicted octanol–water partition coefficient (Wildman–Crippen LogP) is 10.8. The average molecular weight is 905 g/mol. The zero-order valence-electron chi connectivity index (χ0n) is 32.9. The molecule has 10 nitrogen and oxygen atoms in total. The zero-order valence-corrected chi connectivity index (χ0v) is 35.1. The van der Waals surface area contributed by atoms with Gasteiger partial charge in [0.1, 0.15) is 12.4 Å². The highest BCUT2D eigenvalue weighted by molar-refractivity contribution is 14.1. The Morgan fingerprint density at radius 1 is 0.433 bits per heavy atom. The summed E-state index contributed by atoms with van der Waals surface area (Å²) in [4.78, 5) is 27.0. The Morgan fingerprint density at radius 3 is 1.22 bits per heavy atom. The molecule has 60 heavy (non-hydrogen) atoms. The lowest BCUT2D eigenvalue weighted by molar-refractivity contribution is 0.0180. The van der Waals surface area contributed by atoms with Crippen LogP contribution in [0, 0.1) is 3.57 Å². The average Bonchev–Trinajstić information content (AvgIpc) is 4.13. The molecule has 5 aromatic heterocycles. The highest BCUT2D eigenvalue weighted by atomic mass is 127. The number of nitrogens with one attached hydrogen (secondary N) is 2. The second-order valence-corrected chi connectivity index (χ2v) is 15.3. The molecule has 11 heteroatoms. The number of hydrogen-bond acceptors (Lipinski definition) is 8. The van der Waals surface area contributed by atoms with Crippen LogP contribution in [0.1, 0.15) is 22.8 Å². The van der Waals surface area contributed by atoms with Gasteiger partial charge in [-0.05, 0) is 142 Å². The fourth-order valence-electron chi connectivity index (χ4n) is 7.47. The minimum atomic E-state index is 0.422. The molecule has 0 fully saturated rings. The summed E-state index contributed by atoms with van der Waals surface area (Å²) in [6, 6.07) is 33.3. The van der Waals surface area contributed by atoms with E-state index in [-0.39, 0.29) is 0 Å². The number of halogens is 1. The molecule has 0 atom stereocenters. The van der Waals surface area contributed by atoms with Crippen LogP contribution in [-0.4, -0.2) is 76.7 Å². The van der Waals surface area contributed by atoms with Gasteiger partial charge in [-0.15, -0.1) is 0 Å². The van der Waals surface area contributed by atoms with Crippen molar-refractivity contribution in [2.75, 3.05) is 46.8 Å². The van der Waals surface area contributed by atoms with Gasteiger partial charge in [-0.1, -0.05) is 24.3 Å². The number of ether oxygens (including phenoxy) is 4. The smallest absolute Gasteiger partial charge is 0.119 e. The number of rotatable bonds is 14. The molecule has 0 aliphatic carbocycles. The van der Waals surface area contributed by atoms with E-state index in [1.807, 2.05) is 61.2 Å². The third-order valence-electron chi connectivity index (χ3n) is 10.3. The van der Waals surface area contributed by atoms with Crippen LogP contribution in [0.5, 0.6) is 5.75 Å². The summed E-state index contributed by atoms with van der Waals surface area (Å²) < 4.78 is 23.4. The first-order valence-electron chi connectivity index (χ1n) is 19.7. The molecule has 298 valence electrons. The van der Waals surface area contributed by atoms with Crippen LogP contribution >= 0.6 is 22.6 Å². The summed E-state index contributed by atoms with van der Waals surface area (Å²) in [5, 5.41) is 0. The maximum atomic E-state index is 6.06. The van der Waals surface area contributed by atoms with Crippen LogP contribution in [-0.2, 0) is 14.2 Å². The number of H-pyrrole nitrogens is 2. The van der Waals surface area contributed by atoms with E-state index in [2.05, 4.69) is 127 Å². The molecule has 7 heterocycles. The van der Waals surface area contributed by atoms with Crippen molar-refractivity contribution in [3.63, 3.8) is 0 Å². The van der Waals surface area contributed by atoms with Crippen molar-refractivity contribution in [1.82, 2.24) is 29.9 Å². The lowest BCUT2D eigenvalue weighted by Crippen LogP contribution is -2.12. The summed E-state index contributed by atoms with van der Waals surface area (Å²) in [6.45, 7) is 3.01. The van der Waals surface area contributed by atoms with Gasteiger partial charge in [0.2, 0.25) is 0 Å². The van der Waals surface area contributed by atoms with E-state index in [4.69, 9.17) is 28.9 Å². The summed E-state index contributed by atoms with van der Waals surface area (Å²) >= 11 is 2.35. The monoisotopic (exact) mass is 904 g/mol. The van der Waals surface area contributed by atoms with Gasteiger partial charge in [0.25, 0.3) is 0 Å². The molecule has 0 saturated carbocycles. The van der Waals surface area contributed by atoms with E-state index in [0.717, 1.165) is 98.7 Å². The van der Waals surface area contributed by atoms with Crippen molar-refractivity contribution in [3.8, 4) is 50.3 Å². The van der Waals surface area contributed by atoms with Crippen molar-refractivity contribution in [3.05, 3.63) is 148 Å². The summed E-state index contributed by atoms with van der Waals surface area (Å²) in [5.41, 5.74) is 15.0. The molecule has 0 amide bonds. The Labute approximate surface area is 361 Å². The van der Waals surface area contributed by atoms with Gasteiger partial charge in [0.15, 0.2) is 0 Å². The van der Waals surface area contributed by atoms with E-state index in [1.54, 1.807) is 7.11 Å². The Kier molecular flexibility index (Phi) is 12.0. The van der Waals surface area contributed by atoms with Gasteiger partial charge in [0, 0.05) is 79.8 Å². The molecule has 2 aromatic carbocycles. The van der Waals surface area contributed by atoms with Gasteiger partial charge in [-0.25, -0.2) is 9.97 Å². The van der Waals surface area contributed by atoms with E-state index in [9.17, 15) is 0 Å². The Bertz CT molecular complexity index is 2800. The predicted molar refractivity (Wildman–Crippen MR) is 248 cm³/mol. The summed E-state index contributed by atoms with van der Waals surface area (Å²) in [6.07, 6.45) is 15.7. The first kappa shape index (κ1) is 39.2. The second-order valence-electron chi connectivity index (χ2n) is 14.1. The molecular weight excluding hydrogens is 863 g/mol. The molecule has 0 saturated heterocycles. The SMILES string of the molecule is COCCOCCOCCOc1ccc(-c2c3nc(c(-c4ccncc4)c4ccc([nH]4)c(-c4ccc(I)cc4)c4nc(c(-c5ccncc5)c5ccc2[nH]5)C=C4)C=C3)cc1. The second kappa shape index (κ2) is 18.3. The Morgan fingerprint density at radius 2 is 0.800 bits per heavy atom. The lowest BCUT2D eigenvalue weighted by Gasteiger charge is -2.09. The molecule has 7 aromatic rings. The topological polar surface area (TPSA) is 120 Å². The third-order valence-corrected chi connectivity index (χ3v) is 11.0. The first-order chi connectivity index (χ1) is 29.6. The van der Waals surface area contributed by atoms with Crippen LogP contribution in [0.4, 0.5) is 0 Å². The highest BCUT2D eigenvalue weighted by Crippen LogP contribution is 2.38. The summed E-state index contributed by atoms with van der Waals surface area (Å²) in [7, 11) is 1.66. The number of nitrogens with zero attached hydrogens (tertiary/aromatic N) is 4. The lowest BCUT2D eigenvalue weighted by atomic mass is 10.0. The van der Waals surface area contributed by atoms with E-state index in [0.29, 0.717) is 39.6 Å². The first-order valence-corrected chi connectivity index (χ1v) is 20.8. The van der Waals surface area contributed by atoms with Crippen molar-refractivity contribution in [2.45, 2.75) is 0 Å². The Balaban J connectivity index is 1.22. The Hall–Kier alpha value is -6.25. The molecule has 2 aliphatic heterocycles. The van der Waals surface area contributed by atoms with Crippen molar-refractivity contribution in [1.29, 1.82) is 0 Å². The largest absolute Gasteiger partial charge is 0.491 e. The standard InChI is InChI=1S/C49H41IN6O4/c1-57-26-27-58-28-29-59-30-31-60-37-8-4-33(5-9-37)47-40-12-16-44(55-40)48(34-18-22-51-23-19-34)42-14-10-38(53-42)46(32-2-6-36(50)7-3-32)39-11-15-43(54-39)49(35-20-24-52-25-21-35)45-17-13-41(47)56-45/h2-25,53,56H,26-31H2,1H3. The van der Waals surface area contributed by atoms with Crippen LogP contribution in [0.15, 0.2) is 122 Å². The fourth-order valence-corrected chi connectivity index (χ4v) is 7.83. The van der Waals surface area contributed by atoms with E-state index in [1.165, 1.54) is 0 Å². The van der Waals surface area contributed by atoms with Crippen molar-refractivity contribution < 1.29 is 18.9 Å². The number of aromatic amines is 2. The number of aromatic nitrogens is 6. The molecular formula is C49H41IN6O4. The van der Waals surface area contributed by atoms with Gasteiger partial charge < -0.3 is 28.9 Å². The third kappa shape index (κ3) is 8.56. The molecule has 9 rings (SSSR count). The minimum absolute atomic E-state index is 0.422. The number of fused-ring (bicyclic) bond motifs is 8. The highest BCUT2D eigenvalue weighted by Gasteiger charge is 2.19. The summed E-state index contributed by atoms with van der Waals surface area (Å²) in [5.74, 6) is 0.750. The quantitative estimate of drug-likeness (QED) is 0.0818. The normalized spacial score (nSPS) is 12.0. The van der Waals surface area contributed by atoms with Crippen molar-refractivity contribution >= 4 is 69.0 Å². The number of methoxy groups -OCH3 is 1. The van der Waals surface area contributed by atoms with E-state index < -0.39 is 0 Å². The van der Waals surface area contributed by atoms with Crippen LogP contribution in [0.3, 0.4) is 0 Å². The molecule has 8 bridgehead atoms. The maximum Gasteiger partial charge on any atom is 0.119 e. The van der Waals surface area contributed by atoms with Gasteiger partial charge in [-0.2, -0.15) is 0 Å². The number of benzene rings is 2. The van der Waals surface area contributed by atoms with Gasteiger partial charge in [-0.3, -0.25) is 9.97 Å². The van der Waals surface area contributed by atoms with Gasteiger partial charge in [0.05, 0.1) is 55.8 Å². The molecule has 0 unspecified atom stereocenters. The molecule has 0 radical (unpaired) electrons. The number of hydrogen-bond donors (Lipinski definition) is 2. The van der Waals surface area contributed by atoms with Crippen molar-refractivity contribution in [2.24, 2.45) is 0 Å². The van der Waals surface area contributed by atoms with Crippen LogP contribution in [0.25, 0.3) is 90.9 Å². The van der Waals surface area contributed by atoms with Crippen LogP contribution in [0.2, 0.25) is 0 Å². The van der Waals surface area contributed by atoms with Crippen LogP contribution < -0.4 is 4.74 Å². The minimum Gasteiger partial charge on any atom is -0.491 e. The van der Waals surface area contributed by atoms with E-state index >= 15 is 0 Å². The fraction of sp³-hybridized carbons (Fsp3) is 0.143. The number of pyridine rings is 2. The molecule has 0 spiro atoms. The molecule has 2 N–H and O–H groups in total. The maximum absolute atomic E-state index is 6.06. The zero-order chi connectivity index (χ0) is 40.7. The van der Waals surface area contributed by atoms with Gasteiger partial charge >= 0.3 is 0 Å². The molecule has 2 aliphatic rings.